The Hall–Kier alpha value is -1.31. The molecular weight excluding hydrogens is 421 g/mol. The lowest BCUT2D eigenvalue weighted by Crippen LogP contribution is -2.19. The van der Waals surface area contributed by atoms with E-state index in [1.165, 1.54) is 18.0 Å². The number of carbonyl (C=O) groups is 1. The van der Waals surface area contributed by atoms with Gasteiger partial charge in [-0.15, -0.1) is 11.3 Å². The molecule has 2 aromatic carbocycles. The first-order valence-electron chi connectivity index (χ1n) is 6.98. The fraction of sp³-hybridized carbons (Fsp3) is 0.0625. The number of nitrogens with one attached hydrogen (secondary N) is 1. The molecule has 0 bridgehead atoms. The molecule has 128 valence electrons. The smallest absolute Gasteiger partial charge is 0.250 e. The van der Waals surface area contributed by atoms with Crippen molar-refractivity contribution in [1.82, 2.24) is 10.4 Å². The van der Waals surface area contributed by atoms with Gasteiger partial charge in [-0.05, 0) is 24.3 Å². The summed E-state index contributed by atoms with van der Waals surface area (Å²) in [6, 6.07) is 11.0. The van der Waals surface area contributed by atoms with E-state index in [1.807, 2.05) is 24.3 Å². The number of halogens is 3. The number of rotatable bonds is 5. The molecule has 0 saturated carbocycles. The standard InChI is InChI=1S/C16H10Cl3N3OS2/c17-10-5-6-11(18)15(19)9(10)7-20-22-14(23)8-24-16-21-12-3-1-2-4-13(12)25-16/h1-7H,8H2,(H,22,23)/b20-7+. The Morgan fingerprint density at radius 1 is 1.20 bits per heavy atom. The number of hydrogen-bond acceptors (Lipinski definition) is 5. The van der Waals surface area contributed by atoms with Gasteiger partial charge in [0.15, 0.2) is 4.34 Å². The molecule has 3 rings (SSSR count). The molecule has 1 aromatic heterocycles. The van der Waals surface area contributed by atoms with Crippen molar-refractivity contribution in [2.24, 2.45) is 5.10 Å². The lowest BCUT2D eigenvalue weighted by Gasteiger charge is -2.03. The van der Waals surface area contributed by atoms with Gasteiger partial charge in [0, 0.05) is 5.56 Å². The zero-order valence-electron chi connectivity index (χ0n) is 12.5. The molecule has 1 N–H and O–H groups in total. The minimum absolute atomic E-state index is 0.203. The van der Waals surface area contributed by atoms with E-state index in [9.17, 15) is 4.79 Å². The van der Waals surface area contributed by atoms with E-state index in [0.717, 1.165) is 14.6 Å². The molecule has 1 amide bonds. The summed E-state index contributed by atoms with van der Waals surface area (Å²) in [5, 5.41) is 4.93. The maximum Gasteiger partial charge on any atom is 0.250 e. The third-order valence-corrected chi connectivity index (χ3v) is 6.39. The van der Waals surface area contributed by atoms with E-state index in [0.29, 0.717) is 15.6 Å². The molecule has 1 heterocycles. The van der Waals surface area contributed by atoms with Gasteiger partial charge in [0.05, 0.1) is 37.3 Å². The molecule has 25 heavy (non-hydrogen) atoms. The Kier molecular flexibility index (Phi) is 6.19. The molecule has 0 aliphatic carbocycles. The van der Waals surface area contributed by atoms with Gasteiger partial charge in [-0.3, -0.25) is 4.79 Å². The molecule has 0 spiro atoms. The van der Waals surface area contributed by atoms with Crippen LogP contribution in [0, 0.1) is 0 Å². The van der Waals surface area contributed by atoms with Gasteiger partial charge in [-0.2, -0.15) is 5.10 Å². The van der Waals surface area contributed by atoms with Gasteiger partial charge in [0.1, 0.15) is 0 Å². The van der Waals surface area contributed by atoms with Crippen LogP contribution in [0.5, 0.6) is 0 Å². The topological polar surface area (TPSA) is 54.4 Å². The number of nitrogens with zero attached hydrogens (tertiary/aromatic N) is 2. The van der Waals surface area contributed by atoms with Crippen LogP contribution in [0.4, 0.5) is 0 Å². The minimum Gasteiger partial charge on any atom is -0.272 e. The SMILES string of the molecule is O=C(CSc1nc2ccccc2s1)N/N=C/c1c(Cl)ccc(Cl)c1Cl. The van der Waals surface area contributed by atoms with Crippen molar-refractivity contribution >= 4 is 80.2 Å². The van der Waals surface area contributed by atoms with Crippen molar-refractivity contribution in [2.75, 3.05) is 5.75 Å². The number of thioether (sulfide) groups is 1. The molecular formula is C16H10Cl3N3OS2. The third kappa shape index (κ3) is 4.65. The van der Waals surface area contributed by atoms with Gasteiger partial charge in [-0.25, -0.2) is 10.4 Å². The molecule has 0 radical (unpaired) electrons. The molecule has 0 unspecified atom stereocenters. The van der Waals surface area contributed by atoms with Crippen LogP contribution in [-0.4, -0.2) is 22.9 Å². The lowest BCUT2D eigenvalue weighted by atomic mass is 10.2. The molecule has 0 fully saturated rings. The third-order valence-electron chi connectivity index (χ3n) is 3.06. The molecule has 3 aromatic rings. The van der Waals surface area contributed by atoms with Crippen LogP contribution < -0.4 is 5.43 Å². The van der Waals surface area contributed by atoms with Gasteiger partial charge < -0.3 is 0 Å². The van der Waals surface area contributed by atoms with Crippen molar-refractivity contribution in [2.45, 2.75) is 4.34 Å². The van der Waals surface area contributed by atoms with Crippen molar-refractivity contribution in [1.29, 1.82) is 0 Å². The van der Waals surface area contributed by atoms with Crippen LogP contribution in [-0.2, 0) is 4.79 Å². The number of thiazole rings is 1. The predicted molar refractivity (Wildman–Crippen MR) is 108 cm³/mol. The Balaban J connectivity index is 1.57. The summed E-state index contributed by atoms with van der Waals surface area (Å²) in [7, 11) is 0. The summed E-state index contributed by atoms with van der Waals surface area (Å²) >= 11 is 20.9. The van der Waals surface area contributed by atoms with Gasteiger partial charge in [0.25, 0.3) is 5.91 Å². The van der Waals surface area contributed by atoms with E-state index < -0.39 is 0 Å². The number of benzene rings is 2. The monoisotopic (exact) mass is 429 g/mol. The summed E-state index contributed by atoms with van der Waals surface area (Å²) in [5.41, 5.74) is 3.82. The molecule has 4 nitrogen and oxygen atoms in total. The number of fused-ring (bicyclic) bond motifs is 1. The van der Waals surface area contributed by atoms with Gasteiger partial charge >= 0.3 is 0 Å². The van der Waals surface area contributed by atoms with Crippen molar-refractivity contribution in [3.8, 4) is 0 Å². The number of para-hydroxylation sites is 1. The zero-order valence-corrected chi connectivity index (χ0v) is 16.4. The second-order valence-electron chi connectivity index (χ2n) is 4.79. The first-order valence-corrected chi connectivity index (χ1v) is 9.92. The number of amides is 1. The van der Waals surface area contributed by atoms with Crippen molar-refractivity contribution in [3.05, 3.63) is 57.0 Å². The van der Waals surface area contributed by atoms with E-state index >= 15 is 0 Å². The predicted octanol–water partition coefficient (Wildman–Crippen LogP) is 5.50. The van der Waals surface area contributed by atoms with Crippen molar-refractivity contribution in [3.63, 3.8) is 0 Å². The maximum absolute atomic E-state index is 11.9. The van der Waals surface area contributed by atoms with Crippen LogP contribution in [0.2, 0.25) is 15.1 Å². The number of hydrogen-bond donors (Lipinski definition) is 1. The minimum atomic E-state index is -0.255. The largest absolute Gasteiger partial charge is 0.272 e. The maximum atomic E-state index is 11.9. The van der Waals surface area contributed by atoms with Crippen molar-refractivity contribution < 1.29 is 4.79 Å². The first kappa shape index (κ1) is 18.5. The Morgan fingerprint density at radius 3 is 2.76 bits per heavy atom. The molecule has 9 heteroatoms. The second kappa shape index (κ2) is 8.38. The van der Waals surface area contributed by atoms with E-state index in [4.69, 9.17) is 34.8 Å². The number of hydrazone groups is 1. The summed E-state index contributed by atoms with van der Waals surface area (Å²) in [5.74, 6) is -0.0523. The van der Waals surface area contributed by atoms with Crippen LogP contribution in [0.3, 0.4) is 0 Å². The van der Waals surface area contributed by atoms with Gasteiger partial charge in [-0.1, -0.05) is 58.7 Å². The Morgan fingerprint density at radius 2 is 1.96 bits per heavy atom. The Labute approximate surface area is 167 Å². The highest BCUT2D eigenvalue weighted by Crippen LogP contribution is 2.30. The average Bonchev–Trinajstić information content (AvgIpc) is 3.02. The average molecular weight is 431 g/mol. The van der Waals surface area contributed by atoms with E-state index in [1.54, 1.807) is 23.5 Å². The zero-order chi connectivity index (χ0) is 17.8. The van der Waals surface area contributed by atoms with Crippen LogP contribution in [0.15, 0.2) is 45.8 Å². The quantitative estimate of drug-likeness (QED) is 0.252. The van der Waals surface area contributed by atoms with Crippen LogP contribution in [0.1, 0.15) is 5.56 Å². The first-order chi connectivity index (χ1) is 12.0. The Bertz CT molecular complexity index is 926. The number of aromatic nitrogens is 1. The molecule has 0 atom stereocenters. The second-order valence-corrected chi connectivity index (χ2v) is 8.23. The highest BCUT2D eigenvalue weighted by molar-refractivity contribution is 8.01. The highest BCUT2D eigenvalue weighted by atomic mass is 35.5. The number of carbonyl (C=O) groups excluding carboxylic acids is 1. The van der Waals surface area contributed by atoms with E-state index in [2.05, 4.69) is 15.5 Å². The summed E-state index contributed by atoms with van der Waals surface area (Å²) in [6.45, 7) is 0. The molecule has 0 aliphatic heterocycles. The summed E-state index contributed by atoms with van der Waals surface area (Å²) in [6.07, 6.45) is 1.37. The fourth-order valence-corrected chi connectivity index (χ4v) is 4.40. The highest BCUT2D eigenvalue weighted by Gasteiger charge is 2.09. The summed E-state index contributed by atoms with van der Waals surface area (Å²) in [4.78, 5) is 16.4. The van der Waals surface area contributed by atoms with Gasteiger partial charge in [0.2, 0.25) is 0 Å². The fourth-order valence-electron chi connectivity index (χ4n) is 1.90. The van der Waals surface area contributed by atoms with E-state index in [-0.39, 0.29) is 16.7 Å². The lowest BCUT2D eigenvalue weighted by molar-refractivity contribution is -0.118. The summed E-state index contributed by atoms with van der Waals surface area (Å²) < 4.78 is 1.93. The van der Waals surface area contributed by atoms with Crippen LogP contribution in [0.25, 0.3) is 10.2 Å². The molecule has 0 aliphatic rings. The molecule has 0 saturated heterocycles. The normalized spacial score (nSPS) is 11.3. The van der Waals surface area contributed by atoms with Crippen LogP contribution >= 0.6 is 57.9 Å².